The smallest absolute Gasteiger partial charge is 0.231 e. The highest BCUT2D eigenvalue weighted by Crippen LogP contribution is 2.36. The molecule has 0 bridgehead atoms. The molecule has 4 rings (SSSR count). The van der Waals surface area contributed by atoms with Crippen molar-refractivity contribution in [2.24, 2.45) is 5.92 Å². The summed E-state index contributed by atoms with van der Waals surface area (Å²) in [6, 6.07) is 6.56. The molecular weight excluding hydrogens is 338 g/mol. The molecule has 2 atom stereocenters. The highest BCUT2D eigenvalue weighted by molar-refractivity contribution is 5.85. The Balaban J connectivity index is 0.00000182. The summed E-state index contributed by atoms with van der Waals surface area (Å²) in [5.74, 6) is 2.24. The topological polar surface area (TPSA) is 54.5 Å². The maximum absolute atomic E-state index is 5.51. The molecule has 0 amide bonds. The van der Waals surface area contributed by atoms with Gasteiger partial charge in [-0.15, -0.1) is 12.4 Å². The number of halogens is 1. The van der Waals surface area contributed by atoms with Crippen LogP contribution in [0.2, 0.25) is 0 Å². The van der Waals surface area contributed by atoms with E-state index in [1.165, 1.54) is 37.7 Å². The van der Waals surface area contributed by atoms with Crippen molar-refractivity contribution < 1.29 is 9.47 Å². The molecule has 3 N–H and O–H groups in total. The third-order valence-corrected chi connectivity index (χ3v) is 5.26. The molecule has 2 heterocycles. The number of hydrazine groups is 1. The molecule has 1 fully saturated rings. The van der Waals surface area contributed by atoms with E-state index in [0.29, 0.717) is 18.8 Å². The lowest BCUT2D eigenvalue weighted by Crippen LogP contribution is -2.29. The van der Waals surface area contributed by atoms with Crippen molar-refractivity contribution in [2.45, 2.75) is 38.1 Å². The molecule has 0 radical (unpaired) electrons. The second kappa shape index (κ2) is 8.90. The minimum atomic E-state index is 0. The number of allylic oxidation sites excluding steroid dienone is 1. The Morgan fingerprint density at radius 1 is 1.16 bits per heavy atom. The van der Waals surface area contributed by atoms with Gasteiger partial charge in [-0.1, -0.05) is 17.7 Å². The minimum absolute atomic E-state index is 0. The Morgan fingerprint density at radius 3 is 2.96 bits per heavy atom. The van der Waals surface area contributed by atoms with Crippen LogP contribution >= 0.6 is 12.4 Å². The van der Waals surface area contributed by atoms with Gasteiger partial charge in [-0.25, -0.2) is 5.43 Å². The first-order valence-corrected chi connectivity index (χ1v) is 9.17. The normalized spacial score (nSPS) is 24.7. The summed E-state index contributed by atoms with van der Waals surface area (Å²) in [4.78, 5) is 0. The maximum Gasteiger partial charge on any atom is 0.231 e. The monoisotopic (exact) mass is 365 g/mol. The van der Waals surface area contributed by atoms with Crippen LogP contribution in [0.25, 0.3) is 0 Å². The van der Waals surface area contributed by atoms with Gasteiger partial charge in [0.25, 0.3) is 0 Å². The summed E-state index contributed by atoms with van der Waals surface area (Å²) >= 11 is 0. The van der Waals surface area contributed by atoms with Crippen molar-refractivity contribution in [3.63, 3.8) is 0 Å². The summed E-state index contributed by atoms with van der Waals surface area (Å²) < 4.78 is 10.9. The highest BCUT2D eigenvalue weighted by atomic mass is 35.5. The van der Waals surface area contributed by atoms with Gasteiger partial charge in [0.2, 0.25) is 6.79 Å². The summed E-state index contributed by atoms with van der Waals surface area (Å²) in [6.07, 6.45) is 8.95. The van der Waals surface area contributed by atoms with E-state index in [1.807, 2.05) is 6.07 Å². The highest BCUT2D eigenvalue weighted by Gasteiger charge is 2.29. The van der Waals surface area contributed by atoms with Crippen molar-refractivity contribution in [3.05, 3.63) is 35.4 Å². The van der Waals surface area contributed by atoms with E-state index in [-0.39, 0.29) is 12.4 Å². The Morgan fingerprint density at radius 2 is 2.08 bits per heavy atom. The van der Waals surface area contributed by atoms with Crippen molar-refractivity contribution in [2.75, 3.05) is 26.4 Å². The zero-order chi connectivity index (χ0) is 16.2. The average Bonchev–Trinajstić information content (AvgIpc) is 3.28. The maximum atomic E-state index is 5.51. The second-order valence-corrected chi connectivity index (χ2v) is 6.94. The number of rotatable bonds is 6. The zero-order valence-electron chi connectivity index (χ0n) is 14.6. The Kier molecular flexibility index (Phi) is 6.59. The standard InChI is InChI=1S/C19H27N3O2.ClH/c1-2-4-14(5-3-1)8-9-20-11-16-12-21-22-19(16)15-6-7-17-18(10-15)24-13-23-17;/h4,6-7,10,16,19-22H,1-3,5,8-9,11-13H2;1H. The number of ether oxygens (including phenoxy) is 2. The number of hydrogen-bond donors (Lipinski definition) is 3. The first kappa shape index (κ1) is 18.5. The molecule has 1 aromatic carbocycles. The van der Waals surface area contributed by atoms with Crippen LogP contribution in [-0.2, 0) is 0 Å². The molecule has 2 unspecified atom stereocenters. The van der Waals surface area contributed by atoms with Gasteiger partial charge in [-0.05, 0) is 56.3 Å². The summed E-state index contributed by atoms with van der Waals surface area (Å²) in [7, 11) is 0. The quantitative estimate of drug-likeness (QED) is 0.534. The molecule has 2 aliphatic heterocycles. The van der Waals surface area contributed by atoms with Gasteiger partial charge in [-0.3, -0.25) is 5.43 Å². The molecule has 3 aliphatic rings. The van der Waals surface area contributed by atoms with E-state index in [2.05, 4.69) is 34.4 Å². The van der Waals surface area contributed by atoms with E-state index in [0.717, 1.165) is 31.1 Å². The fourth-order valence-corrected chi connectivity index (χ4v) is 3.86. The van der Waals surface area contributed by atoms with Gasteiger partial charge < -0.3 is 14.8 Å². The van der Waals surface area contributed by atoms with Gasteiger partial charge >= 0.3 is 0 Å². The Hall–Kier alpha value is -1.27. The van der Waals surface area contributed by atoms with Crippen LogP contribution in [0.3, 0.4) is 0 Å². The first-order valence-electron chi connectivity index (χ1n) is 9.17. The third kappa shape index (κ3) is 4.47. The van der Waals surface area contributed by atoms with Crippen LogP contribution in [0, 0.1) is 5.92 Å². The van der Waals surface area contributed by atoms with Crippen molar-refractivity contribution in [3.8, 4) is 11.5 Å². The van der Waals surface area contributed by atoms with E-state index in [1.54, 1.807) is 5.57 Å². The van der Waals surface area contributed by atoms with Gasteiger partial charge in [0, 0.05) is 19.0 Å². The predicted molar refractivity (Wildman–Crippen MR) is 101 cm³/mol. The summed E-state index contributed by atoms with van der Waals surface area (Å²) in [5, 5.41) is 3.65. The van der Waals surface area contributed by atoms with Gasteiger partial charge in [-0.2, -0.15) is 0 Å². The predicted octanol–water partition coefficient (Wildman–Crippen LogP) is 3.08. The van der Waals surface area contributed by atoms with Gasteiger partial charge in [0.05, 0.1) is 6.04 Å². The van der Waals surface area contributed by atoms with Crippen LogP contribution in [-0.4, -0.2) is 26.4 Å². The SMILES string of the molecule is C1=C(CCNCC2CNNC2c2ccc3c(c2)OCO3)CCCC1.Cl. The van der Waals surface area contributed by atoms with Crippen molar-refractivity contribution >= 4 is 12.4 Å². The lowest BCUT2D eigenvalue weighted by molar-refractivity contribution is 0.174. The Labute approximate surface area is 155 Å². The fourth-order valence-electron chi connectivity index (χ4n) is 3.86. The molecule has 0 saturated carbocycles. The average molecular weight is 366 g/mol. The van der Waals surface area contributed by atoms with Gasteiger partial charge in [0.1, 0.15) is 0 Å². The molecule has 0 aromatic heterocycles. The Bertz CT molecular complexity index is 608. The number of hydrogen-bond acceptors (Lipinski definition) is 5. The zero-order valence-corrected chi connectivity index (χ0v) is 15.4. The van der Waals surface area contributed by atoms with Crippen LogP contribution in [0.5, 0.6) is 11.5 Å². The second-order valence-electron chi connectivity index (χ2n) is 6.94. The molecule has 0 spiro atoms. The summed E-state index contributed by atoms with van der Waals surface area (Å²) in [6.45, 7) is 3.41. The van der Waals surface area contributed by atoms with E-state index in [4.69, 9.17) is 9.47 Å². The molecule has 5 nitrogen and oxygen atoms in total. The third-order valence-electron chi connectivity index (χ3n) is 5.26. The van der Waals surface area contributed by atoms with Crippen molar-refractivity contribution in [1.29, 1.82) is 0 Å². The first-order chi connectivity index (χ1) is 11.9. The van der Waals surface area contributed by atoms with Crippen LogP contribution in [0.1, 0.15) is 43.7 Å². The minimum Gasteiger partial charge on any atom is -0.454 e. The van der Waals surface area contributed by atoms with Crippen molar-refractivity contribution in [1.82, 2.24) is 16.2 Å². The molecule has 1 aliphatic carbocycles. The molecule has 138 valence electrons. The largest absolute Gasteiger partial charge is 0.454 e. The number of nitrogens with one attached hydrogen (secondary N) is 3. The molecular formula is C19H28ClN3O2. The lowest BCUT2D eigenvalue weighted by Gasteiger charge is -2.20. The van der Waals surface area contributed by atoms with E-state index < -0.39 is 0 Å². The summed E-state index contributed by atoms with van der Waals surface area (Å²) in [5.41, 5.74) is 9.61. The molecule has 1 saturated heterocycles. The molecule has 6 heteroatoms. The van der Waals surface area contributed by atoms with Crippen LogP contribution < -0.4 is 25.6 Å². The number of fused-ring (bicyclic) bond motifs is 1. The van der Waals surface area contributed by atoms with E-state index in [9.17, 15) is 0 Å². The fraction of sp³-hybridized carbons (Fsp3) is 0.579. The molecule has 25 heavy (non-hydrogen) atoms. The number of benzene rings is 1. The van der Waals surface area contributed by atoms with Gasteiger partial charge in [0.15, 0.2) is 11.5 Å². The molecule has 1 aromatic rings. The van der Waals surface area contributed by atoms with Crippen LogP contribution in [0.4, 0.5) is 0 Å². The van der Waals surface area contributed by atoms with Crippen LogP contribution in [0.15, 0.2) is 29.8 Å². The van der Waals surface area contributed by atoms with E-state index >= 15 is 0 Å². The lowest BCUT2D eigenvalue weighted by atomic mass is 9.94.